The molecule has 0 spiro atoms. The summed E-state index contributed by atoms with van der Waals surface area (Å²) in [6, 6.07) is 14.5. The quantitative estimate of drug-likeness (QED) is 0.491. The number of aryl methyl sites for hydroxylation is 2. The van der Waals surface area contributed by atoms with E-state index in [0.717, 1.165) is 64.4 Å². The van der Waals surface area contributed by atoms with Gasteiger partial charge in [0.25, 0.3) is 5.91 Å². The molecule has 0 radical (unpaired) electrons. The van der Waals surface area contributed by atoms with Crippen LogP contribution in [0.5, 0.6) is 0 Å². The summed E-state index contributed by atoms with van der Waals surface area (Å²) in [6.45, 7) is 4.06. The van der Waals surface area contributed by atoms with E-state index in [4.69, 9.17) is 4.98 Å². The van der Waals surface area contributed by atoms with Crippen LogP contribution in [0.25, 0.3) is 16.6 Å². The zero-order valence-corrected chi connectivity index (χ0v) is 18.4. The Morgan fingerprint density at radius 3 is 3.00 bits per heavy atom. The van der Waals surface area contributed by atoms with Crippen molar-refractivity contribution in [1.82, 2.24) is 19.4 Å². The molecule has 0 saturated carbocycles. The van der Waals surface area contributed by atoms with Crippen LogP contribution in [-0.2, 0) is 19.5 Å². The highest BCUT2D eigenvalue weighted by molar-refractivity contribution is 6.02. The van der Waals surface area contributed by atoms with Gasteiger partial charge in [-0.2, -0.15) is 0 Å². The molecule has 2 aromatic carbocycles. The molecule has 0 unspecified atom stereocenters. The molecule has 4 aromatic rings. The number of rotatable bonds is 4. The summed E-state index contributed by atoms with van der Waals surface area (Å²) in [6.07, 6.45) is 4.01. The summed E-state index contributed by atoms with van der Waals surface area (Å²) in [5.74, 6) is 1.37. The molecule has 2 N–H and O–H groups in total. The van der Waals surface area contributed by atoms with Gasteiger partial charge in [-0.25, -0.2) is 9.37 Å². The maximum Gasteiger partial charge on any atom is 0.272 e. The Bertz CT molecular complexity index is 1440. The van der Waals surface area contributed by atoms with E-state index < -0.39 is 0 Å². The van der Waals surface area contributed by atoms with Gasteiger partial charge in [-0.1, -0.05) is 24.3 Å². The molecule has 2 aliphatic rings. The smallest absolute Gasteiger partial charge is 0.272 e. The number of nitrogens with zero attached hydrogens (tertiary/aromatic N) is 3. The number of allylic oxidation sites excluding steroid dienone is 1. The van der Waals surface area contributed by atoms with Gasteiger partial charge < -0.3 is 19.8 Å². The Labute approximate surface area is 190 Å². The molecular weight excluding hydrogens is 417 g/mol. The second kappa shape index (κ2) is 7.62. The zero-order valence-electron chi connectivity index (χ0n) is 18.4. The van der Waals surface area contributed by atoms with Crippen molar-refractivity contribution < 1.29 is 9.18 Å². The van der Waals surface area contributed by atoms with Gasteiger partial charge in [0, 0.05) is 30.5 Å². The third-order valence-electron chi connectivity index (χ3n) is 6.41. The van der Waals surface area contributed by atoms with Crippen LogP contribution in [0.4, 0.5) is 10.2 Å². The van der Waals surface area contributed by atoms with Gasteiger partial charge in [0.1, 0.15) is 17.3 Å². The summed E-state index contributed by atoms with van der Waals surface area (Å²) in [7, 11) is 0. The number of hydrogen-bond donors (Lipinski definition) is 2. The predicted octanol–water partition coefficient (Wildman–Crippen LogP) is 4.48. The van der Waals surface area contributed by atoms with Crippen molar-refractivity contribution in [2.75, 3.05) is 11.9 Å². The molecule has 0 saturated heterocycles. The third-order valence-corrected chi connectivity index (χ3v) is 6.41. The lowest BCUT2D eigenvalue weighted by Crippen LogP contribution is -2.25. The lowest BCUT2D eigenvalue weighted by Gasteiger charge is -2.14. The predicted molar refractivity (Wildman–Crippen MR) is 127 cm³/mol. The fourth-order valence-corrected chi connectivity index (χ4v) is 4.83. The number of halogens is 1. The maximum atomic E-state index is 13.8. The molecule has 2 aliphatic heterocycles. The van der Waals surface area contributed by atoms with Gasteiger partial charge >= 0.3 is 0 Å². The second-order valence-electron chi connectivity index (χ2n) is 8.75. The van der Waals surface area contributed by atoms with Gasteiger partial charge in [-0.3, -0.25) is 4.79 Å². The number of fused-ring (bicyclic) bond motifs is 4. The van der Waals surface area contributed by atoms with Gasteiger partial charge in [0.05, 0.1) is 11.4 Å². The van der Waals surface area contributed by atoms with Crippen LogP contribution in [0.2, 0.25) is 0 Å². The number of carbonyl (C=O) groups is 1. The fraction of sp³-hybridized carbons (Fsp3) is 0.231. The first-order chi connectivity index (χ1) is 16.1. The first-order valence-electron chi connectivity index (χ1n) is 11.3. The molecule has 0 atom stereocenters. The van der Waals surface area contributed by atoms with E-state index in [-0.39, 0.29) is 11.7 Å². The molecule has 1 amide bonds. The van der Waals surface area contributed by atoms with E-state index in [1.807, 2.05) is 41.8 Å². The Kier molecular flexibility index (Phi) is 4.57. The van der Waals surface area contributed by atoms with Crippen LogP contribution < -0.4 is 10.6 Å². The highest BCUT2D eigenvalue weighted by Crippen LogP contribution is 2.30. The molecule has 0 fully saturated rings. The molecular formula is C26H24FN5O. The van der Waals surface area contributed by atoms with Crippen molar-refractivity contribution in [3.63, 3.8) is 0 Å². The number of imidazole rings is 1. The Morgan fingerprint density at radius 1 is 1.21 bits per heavy atom. The average Bonchev–Trinajstić information content (AvgIpc) is 3.47. The van der Waals surface area contributed by atoms with Crippen LogP contribution in [-0.4, -0.2) is 26.6 Å². The minimum atomic E-state index is -0.285. The van der Waals surface area contributed by atoms with E-state index in [1.54, 1.807) is 6.07 Å². The highest BCUT2D eigenvalue weighted by Gasteiger charge is 2.27. The van der Waals surface area contributed by atoms with Crippen molar-refractivity contribution in [2.24, 2.45) is 0 Å². The number of amides is 1. The standard InChI is InChI=1S/C26H24FN5O/c1-16-7-8-18-14-23(32(22(18)12-16)15-17-4-2-5-19(27)13-17)26(33)30-21-9-11-31-24-20(29-25(21)31)6-3-10-28-24/h2,4-5,7-9,12-14,28H,3,6,10-11,15H2,1H3,(H,30,33). The highest BCUT2D eigenvalue weighted by atomic mass is 19.1. The maximum absolute atomic E-state index is 13.8. The summed E-state index contributed by atoms with van der Waals surface area (Å²) >= 11 is 0. The zero-order chi connectivity index (χ0) is 22.5. The van der Waals surface area contributed by atoms with Gasteiger partial charge in [-0.05, 0) is 61.2 Å². The number of hydrogen-bond acceptors (Lipinski definition) is 3. The fourth-order valence-electron chi connectivity index (χ4n) is 4.83. The van der Waals surface area contributed by atoms with E-state index in [9.17, 15) is 9.18 Å². The Morgan fingerprint density at radius 2 is 2.12 bits per heavy atom. The lowest BCUT2D eigenvalue weighted by atomic mass is 10.2. The first kappa shape index (κ1) is 19.8. The van der Waals surface area contributed by atoms with Crippen LogP contribution in [0, 0.1) is 12.7 Å². The number of benzene rings is 2. The molecule has 6 rings (SSSR count). The summed E-state index contributed by atoms with van der Waals surface area (Å²) in [5, 5.41) is 7.50. The van der Waals surface area contributed by atoms with E-state index in [1.165, 1.54) is 12.1 Å². The molecule has 2 aromatic heterocycles. The van der Waals surface area contributed by atoms with Crippen LogP contribution >= 0.6 is 0 Å². The molecule has 166 valence electrons. The minimum absolute atomic E-state index is 0.200. The number of nitrogens with one attached hydrogen (secondary N) is 2. The van der Waals surface area contributed by atoms with E-state index in [2.05, 4.69) is 21.3 Å². The summed E-state index contributed by atoms with van der Waals surface area (Å²) < 4.78 is 17.9. The van der Waals surface area contributed by atoms with Gasteiger partial charge in [0.2, 0.25) is 0 Å². The van der Waals surface area contributed by atoms with E-state index in [0.29, 0.717) is 18.8 Å². The van der Waals surface area contributed by atoms with Crippen molar-refractivity contribution in [3.8, 4) is 0 Å². The lowest BCUT2D eigenvalue weighted by molar-refractivity contribution is 0.0965. The number of aromatic nitrogens is 3. The number of carbonyl (C=O) groups excluding carboxylic acids is 1. The molecule has 6 nitrogen and oxygen atoms in total. The topological polar surface area (TPSA) is 63.9 Å². The van der Waals surface area contributed by atoms with Crippen molar-refractivity contribution in [1.29, 1.82) is 0 Å². The van der Waals surface area contributed by atoms with Crippen LogP contribution in [0.3, 0.4) is 0 Å². The molecule has 7 heteroatoms. The van der Waals surface area contributed by atoms with Crippen molar-refractivity contribution >= 4 is 28.3 Å². The SMILES string of the molecule is Cc1ccc2cc(C(=O)NC3=CCn4c3nc3c4NCCC3)n(Cc3cccc(F)c3)c2c1. The van der Waals surface area contributed by atoms with Crippen molar-refractivity contribution in [3.05, 3.63) is 88.8 Å². The third kappa shape index (κ3) is 3.40. The molecule has 0 bridgehead atoms. The largest absolute Gasteiger partial charge is 0.370 e. The minimum Gasteiger partial charge on any atom is -0.370 e. The monoisotopic (exact) mass is 441 g/mol. The Balaban J connectivity index is 1.36. The molecule has 33 heavy (non-hydrogen) atoms. The molecule has 4 heterocycles. The summed E-state index contributed by atoms with van der Waals surface area (Å²) in [4.78, 5) is 18.3. The van der Waals surface area contributed by atoms with Crippen molar-refractivity contribution in [2.45, 2.75) is 32.9 Å². The molecule has 0 aliphatic carbocycles. The van der Waals surface area contributed by atoms with Gasteiger partial charge in [0.15, 0.2) is 5.82 Å². The summed E-state index contributed by atoms with van der Waals surface area (Å²) in [5.41, 5.74) is 5.19. The second-order valence-corrected chi connectivity index (χ2v) is 8.75. The number of anilines is 1. The Hall–Kier alpha value is -3.87. The normalized spacial score (nSPS) is 14.5. The average molecular weight is 442 g/mol. The first-order valence-corrected chi connectivity index (χ1v) is 11.3. The van der Waals surface area contributed by atoms with Crippen LogP contribution in [0.1, 0.15) is 39.6 Å². The van der Waals surface area contributed by atoms with Gasteiger partial charge in [-0.15, -0.1) is 0 Å². The van der Waals surface area contributed by atoms with E-state index >= 15 is 0 Å². The van der Waals surface area contributed by atoms with Crippen LogP contribution in [0.15, 0.2) is 54.6 Å².